The molecule has 1 aromatic heterocycles. The standard InChI is InChI=1S/C21H19N3O3/c25-20(19-11-15-5-3-4-8-18(15)21(26)27-19)23-12-16-6-1-2-7-17(16)13-24-10-9-22-14-24/h1-10,14,19H,11-13H2,(H,23,25)/t19-/m1/s1. The summed E-state index contributed by atoms with van der Waals surface area (Å²) in [4.78, 5) is 28.7. The van der Waals surface area contributed by atoms with E-state index in [9.17, 15) is 9.59 Å². The van der Waals surface area contributed by atoms with Crippen molar-refractivity contribution >= 4 is 11.9 Å². The fourth-order valence-corrected chi connectivity index (χ4v) is 3.24. The minimum absolute atomic E-state index is 0.282. The van der Waals surface area contributed by atoms with Crippen molar-refractivity contribution in [3.63, 3.8) is 0 Å². The average molecular weight is 361 g/mol. The van der Waals surface area contributed by atoms with Crippen LogP contribution in [0.2, 0.25) is 0 Å². The van der Waals surface area contributed by atoms with E-state index in [1.165, 1.54) is 0 Å². The van der Waals surface area contributed by atoms with Gasteiger partial charge < -0.3 is 14.6 Å². The monoisotopic (exact) mass is 361 g/mol. The van der Waals surface area contributed by atoms with Crippen LogP contribution in [0.25, 0.3) is 0 Å². The lowest BCUT2D eigenvalue weighted by molar-refractivity contribution is -0.130. The first-order valence-electron chi connectivity index (χ1n) is 8.80. The molecule has 1 aliphatic rings. The summed E-state index contributed by atoms with van der Waals surface area (Å²) >= 11 is 0. The lowest BCUT2D eigenvalue weighted by atomic mass is 9.98. The first-order chi connectivity index (χ1) is 13.2. The van der Waals surface area contributed by atoms with Crippen molar-refractivity contribution in [2.75, 3.05) is 0 Å². The van der Waals surface area contributed by atoms with Gasteiger partial charge in [0.15, 0.2) is 6.10 Å². The van der Waals surface area contributed by atoms with Crippen LogP contribution in [0, 0.1) is 0 Å². The number of benzene rings is 2. The number of rotatable bonds is 5. The molecule has 6 heteroatoms. The van der Waals surface area contributed by atoms with Gasteiger partial charge in [-0.2, -0.15) is 0 Å². The van der Waals surface area contributed by atoms with E-state index in [0.29, 0.717) is 25.1 Å². The van der Waals surface area contributed by atoms with Gasteiger partial charge in [-0.3, -0.25) is 4.79 Å². The molecule has 6 nitrogen and oxygen atoms in total. The number of fused-ring (bicyclic) bond motifs is 1. The first kappa shape index (κ1) is 17.0. The zero-order valence-corrected chi connectivity index (χ0v) is 14.7. The largest absolute Gasteiger partial charge is 0.448 e. The van der Waals surface area contributed by atoms with E-state index in [-0.39, 0.29) is 5.91 Å². The number of amides is 1. The molecule has 0 bridgehead atoms. The first-order valence-corrected chi connectivity index (χ1v) is 8.80. The number of hydrogen-bond donors (Lipinski definition) is 1. The number of hydrogen-bond acceptors (Lipinski definition) is 4. The number of nitrogens with zero attached hydrogens (tertiary/aromatic N) is 2. The van der Waals surface area contributed by atoms with Crippen LogP contribution in [-0.2, 0) is 29.0 Å². The number of carbonyl (C=O) groups is 2. The summed E-state index contributed by atoms with van der Waals surface area (Å²) in [5.74, 6) is -0.729. The Morgan fingerprint density at radius 1 is 1.15 bits per heavy atom. The molecule has 4 rings (SSSR count). The van der Waals surface area contributed by atoms with Crippen LogP contribution in [0.3, 0.4) is 0 Å². The number of esters is 1. The number of carbonyl (C=O) groups excluding carboxylic acids is 2. The zero-order valence-electron chi connectivity index (χ0n) is 14.7. The Balaban J connectivity index is 1.42. The summed E-state index contributed by atoms with van der Waals surface area (Å²) in [5.41, 5.74) is 3.49. The maximum absolute atomic E-state index is 12.6. The van der Waals surface area contributed by atoms with Gasteiger partial charge in [-0.1, -0.05) is 42.5 Å². The van der Waals surface area contributed by atoms with Crippen LogP contribution in [0.5, 0.6) is 0 Å². The maximum Gasteiger partial charge on any atom is 0.339 e. The molecule has 0 unspecified atom stereocenters. The molecule has 1 amide bonds. The van der Waals surface area contributed by atoms with Crippen molar-refractivity contribution in [1.29, 1.82) is 0 Å². The summed E-state index contributed by atoms with van der Waals surface area (Å²) in [5, 5.41) is 2.90. The van der Waals surface area contributed by atoms with Gasteiger partial charge in [0.2, 0.25) is 0 Å². The summed E-state index contributed by atoms with van der Waals surface area (Å²) in [6.07, 6.45) is 4.99. The van der Waals surface area contributed by atoms with Crippen LogP contribution >= 0.6 is 0 Å². The van der Waals surface area contributed by atoms with E-state index in [0.717, 1.165) is 16.7 Å². The van der Waals surface area contributed by atoms with Gasteiger partial charge in [0.25, 0.3) is 5.91 Å². The summed E-state index contributed by atoms with van der Waals surface area (Å²) in [6.45, 7) is 1.05. The second-order valence-electron chi connectivity index (χ2n) is 6.48. The highest BCUT2D eigenvalue weighted by Gasteiger charge is 2.30. The Kier molecular flexibility index (Phi) is 4.70. The van der Waals surface area contributed by atoms with E-state index in [1.54, 1.807) is 24.7 Å². The van der Waals surface area contributed by atoms with Crippen molar-refractivity contribution < 1.29 is 14.3 Å². The zero-order chi connectivity index (χ0) is 18.6. The Bertz CT molecular complexity index is 966. The van der Waals surface area contributed by atoms with Gasteiger partial charge in [0.1, 0.15) is 0 Å². The van der Waals surface area contributed by atoms with E-state index >= 15 is 0 Å². The molecule has 0 saturated heterocycles. The third kappa shape index (κ3) is 3.74. The van der Waals surface area contributed by atoms with Crippen LogP contribution in [-0.4, -0.2) is 27.5 Å². The average Bonchev–Trinajstić information content (AvgIpc) is 3.20. The van der Waals surface area contributed by atoms with Crippen LogP contribution in [0.15, 0.2) is 67.3 Å². The highest BCUT2D eigenvalue weighted by atomic mass is 16.5. The number of cyclic esters (lactones) is 1. The highest BCUT2D eigenvalue weighted by Crippen LogP contribution is 2.20. The molecule has 1 atom stereocenters. The van der Waals surface area contributed by atoms with Crippen molar-refractivity contribution in [1.82, 2.24) is 14.9 Å². The molecule has 27 heavy (non-hydrogen) atoms. The van der Waals surface area contributed by atoms with Crippen molar-refractivity contribution in [2.24, 2.45) is 0 Å². The molecular formula is C21H19N3O3. The number of imidazole rings is 1. The highest BCUT2D eigenvalue weighted by molar-refractivity contribution is 5.95. The minimum atomic E-state index is -0.798. The smallest absolute Gasteiger partial charge is 0.339 e. The predicted octanol–water partition coefficient (Wildman–Crippen LogP) is 2.33. The predicted molar refractivity (Wildman–Crippen MR) is 99.0 cm³/mol. The van der Waals surface area contributed by atoms with Gasteiger partial charge in [-0.25, -0.2) is 9.78 Å². The Morgan fingerprint density at radius 3 is 2.74 bits per heavy atom. The summed E-state index contributed by atoms with van der Waals surface area (Å²) < 4.78 is 7.29. The Morgan fingerprint density at radius 2 is 1.93 bits per heavy atom. The molecular weight excluding hydrogens is 342 g/mol. The lowest BCUT2D eigenvalue weighted by Gasteiger charge is -2.24. The van der Waals surface area contributed by atoms with Crippen molar-refractivity contribution in [3.05, 3.63) is 89.5 Å². The fourth-order valence-electron chi connectivity index (χ4n) is 3.24. The number of aromatic nitrogens is 2. The fraction of sp³-hybridized carbons (Fsp3) is 0.190. The molecule has 0 spiro atoms. The van der Waals surface area contributed by atoms with Gasteiger partial charge in [-0.05, 0) is 22.8 Å². The summed E-state index contributed by atoms with van der Waals surface area (Å²) in [6, 6.07) is 15.1. The van der Waals surface area contributed by atoms with E-state index in [4.69, 9.17) is 4.74 Å². The quantitative estimate of drug-likeness (QED) is 0.708. The lowest BCUT2D eigenvalue weighted by Crippen LogP contribution is -2.41. The third-order valence-corrected chi connectivity index (χ3v) is 4.67. The molecule has 2 heterocycles. The van der Waals surface area contributed by atoms with Gasteiger partial charge in [0, 0.05) is 31.9 Å². The summed E-state index contributed by atoms with van der Waals surface area (Å²) in [7, 11) is 0. The van der Waals surface area contributed by atoms with E-state index in [1.807, 2.05) is 47.2 Å². The second kappa shape index (κ2) is 7.45. The van der Waals surface area contributed by atoms with Gasteiger partial charge in [-0.15, -0.1) is 0 Å². The van der Waals surface area contributed by atoms with Crippen LogP contribution in [0.4, 0.5) is 0 Å². The molecule has 0 aliphatic carbocycles. The third-order valence-electron chi connectivity index (χ3n) is 4.67. The molecule has 136 valence electrons. The number of ether oxygens (including phenoxy) is 1. The molecule has 3 aromatic rings. The normalized spacial score (nSPS) is 15.7. The van der Waals surface area contributed by atoms with E-state index < -0.39 is 12.1 Å². The van der Waals surface area contributed by atoms with Gasteiger partial charge >= 0.3 is 5.97 Å². The molecule has 0 radical (unpaired) electrons. The minimum Gasteiger partial charge on any atom is -0.448 e. The molecule has 1 N–H and O–H groups in total. The molecule has 0 fully saturated rings. The number of nitrogens with one attached hydrogen (secondary N) is 1. The van der Waals surface area contributed by atoms with E-state index in [2.05, 4.69) is 10.3 Å². The van der Waals surface area contributed by atoms with Crippen molar-refractivity contribution in [2.45, 2.75) is 25.6 Å². The molecule has 0 saturated carbocycles. The Hall–Kier alpha value is -3.41. The van der Waals surface area contributed by atoms with Crippen molar-refractivity contribution in [3.8, 4) is 0 Å². The maximum atomic E-state index is 12.6. The van der Waals surface area contributed by atoms with Gasteiger partial charge in [0.05, 0.1) is 11.9 Å². The topological polar surface area (TPSA) is 73.2 Å². The Labute approximate surface area is 156 Å². The molecule has 1 aliphatic heterocycles. The molecule has 2 aromatic carbocycles. The SMILES string of the molecule is O=C1O[C@@H](C(=O)NCc2ccccc2Cn2ccnc2)Cc2ccccc21. The van der Waals surface area contributed by atoms with Crippen LogP contribution in [0.1, 0.15) is 27.0 Å². The van der Waals surface area contributed by atoms with Crippen LogP contribution < -0.4 is 5.32 Å². The second-order valence-corrected chi connectivity index (χ2v) is 6.48.